The summed E-state index contributed by atoms with van der Waals surface area (Å²) < 4.78 is 55.3. The van der Waals surface area contributed by atoms with Gasteiger partial charge in [0.05, 0.1) is 0 Å². The van der Waals surface area contributed by atoms with E-state index in [0.717, 1.165) is 39.5 Å². The third-order valence-electron chi connectivity index (χ3n) is 9.79. The topological polar surface area (TPSA) is 158 Å². The van der Waals surface area contributed by atoms with E-state index in [0.29, 0.717) is 52.6 Å². The second-order valence-corrected chi connectivity index (χ2v) is 15.2. The van der Waals surface area contributed by atoms with Crippen LogP contribution in [-0.2, 0) is 28.8 Å². The van der Waals surface area contributed by atoms with Crippen LogP contribution in [0.25, 0.3) is 33.4 Å². The first kappa shape index (κ1) is 56.0. The molecule has 0 amide bonds. The highest BCUT2D eigenvalue weighted by atomic mass is 19.1. The number of ether oxygens (including phenoxy) is 6. The van der Waals surface area contributed by atoms with Crippen molar-refractivity contribution in [2.24, 2.45) is 0 Å². The Morgan fingerprint density at radius 3 is 0.767 bits per heavy atom. The van der Waals surface area contributed by atoms with E-state index >= 15 is 0 Å². The van der Waals surface area contributed by atoms with Crippen molar-refractivity contribution >= 4 is 35.8 Å². The standard InChI is InChI=1S/C21H20O4.C20H18O4.C18H12F2O4/c1-5-15(4)21(23)25-19-12-8-17(9-13-19)16-6-10-18(11-7-16)24-20(22)14(2)3;1-4-14(3)20(22)24-18-12-8-16(9-13-18)15-6-10-17(11-7-15)23-19(21)5-2;1-11(19)17(21)23-15-7-3-13(4-8-15)14-5-9-16(10-6-14)24-18(22)12(2)20/h6-13H,2,4-5H2,1,3H3;5-13H,2-4H2,1H3;3-10H,1-2H2. The average molecular weight is 989 g/mol. The van der Waals surface area contributed by atoms with Crippen LogP contribution in [0.2, 0.25) is 0 Å². The van der Waals surface area contributed by atoms with Crippen molar-refractivity contribution in [2.75, 3.05) is 0 Å². The molecule has 0 spiro atoms. The van der Waals surface area contributed by atoms with Gasteiger partial charge in [-0.15, -0.1) is 0 Å². The molecule has 0 saturated carbocycles. The summed E-state index contributed by atoms with van der Waals surface area (Å²) in [5.74, 6) is -4.25. The molecule has 0 saturated heterocycles. The largest absolute Gasteiger partial charge is 0.423 e. The smallest absolute Gasteiger partial charge is 0.371 e. The first-order chi connectivity index (χ1) is 34.8. The molecule has 12 nitrogen and oxygen atoms in total. The highest BCUT2D eigenvalue weighted by Crippen LogP contribution is 2.28. The minimum Gasteiger partial charge on any atom is -0.423 e. The van der Waals surface area contributed by atoms with Crippen molar-refractivity contribution in [2.45, 2.75) is 33.6 Å². The van der Waals surface area contributed by atoms with Gasteiger partial charge in [0.15, 0.2) is 0 Å². The van der Waals surface area contributed by atoms with E-state index in [-0.39, 0.29) is 11.5 Å². The Morgan fingerprint density at radius 1 is 0.370 bits per heavy atom. The predicted octanol–water partition coefficient (Wildman–Crippen LogP) is 13.2. The lowest BCUT2D eigenvalue weighted by Crippen LogP contribution is -2.09. The lowest BCUT2D eigenvalue weighted by Gasteiger charge is -2.08. The van der Waals surface area contributed by atoms with E-state index in [2.05, 4.69) is 39.5 Å². The number of hydrogen-bond acceptors (Lipinski definition) is 12. The van der Waals surface area contributed by atoms with Gasteiger partial charge in [-0.05, 0) is 126 Å². The molecular formula is C59H50F2O12. The molecule has 0 heterocycles. The zero-order valence-corrected chi connectivity index (χ0v) is 40.2. The summed E-state index contributed by atoms with van der Waals surface area (Å²) in [5, 5.41) is 0. The molecule has 0 aliphatic rings. The van der Waals surface area contributed by atoms with Gasteiger partial charge in [-0.25, -0.2) is 28.8 Å². The van der Waals surface area contributed by atoms with Gasteiger partial charge >= 0.3 is 35.8 Å². The fraction of sp³-hybridized carbons (Fsp3) is 0.0847. The molecule has 14 heteroatoms. The number of benzene rings is 6. The molecule has 73 heavy (non-hydrogen) atoms. The fourth-order valence-corrected chi connectivity index (χ4v) is 5.62. The number of rotatable bonds is 17. The van der Waals surface area contributed by atoms with Crippen molar-refractivity contribution < 1.29 is 66.0 Å². The summed E-state index contributed by atoms with van der Waals surface area (Å²) in [5.41, 5.74) is 6.57. The van der Waals surface area contributed by atoms with Crippen molar-refractivity contribution in [1.82, 2.24) is 0 Å². The van der Waals surface area contributed by atoms with Gasteiger partial charge in [0.1, 0.15) is 34.5 Å². The van der Waals surface area contributed by atoms with Gasteiger partial charge < -0.3 is 28.4 Å². The maximum Gasteiger partial charge on any atom is 0.371 e. The van der Waals surface area contributed by atoms with Crippen molar-refractivity contribution in [1.29, 1.82) is 0 Å². The summed E-state index contributed by atoms with van der Waals surface area (Å²) in [7, 11) is 0. The van der Waals surface area contributed by atoms with Crippen molar-refractivity contribution in [3.05, 3.63) is 220 Å². The molecule has 0 radical (unpaired) electrons. The minimum absolute atomic E-state index is 0.176. The Labute approximate surface area is 421 Å². The molecule has 0 atom stereocenters. The quantitative estimate of drug-likeness (QED) is 0.0484. The summed E-state index contributed by atoms with van der Waals surface area (Å²) in [6, 6.07) is 41.2. The second-order valence-electron chi connectivity index (χ2n) is 15.2. The molecule has 0 bridgehead atoms. The molecule has 0 fully saturated rings. The first-order valence-electron chi connectivity index (χ1n) is 22.1. The molecule has 0 aliphatic heterocycles. The van der Waals surface area contributed by atoms with E-state index in [1.54, 1.807) is 79.7 Å². The zero-order chi connectivity index (χ0) is 53.6. The molecule has 6 aromatic rings. The molecular weight excluding hydrogens is 939 g/mol. The van der Waals surface area contributed by atoms with E-state index in [1.807, 2.05) is 62.4 Å². The number of hydrogen-bond donors (Lipinski definition) is 0. The summed E-state index contributed by atoms with van der Waals surface area (Å²) in [6.45, 7) is 25.2. The monoisotopic (exact) mass is 988 g/mol. The Hall–Kier alpha value is -9.56. The van der Waals surface area contributed by atoms with Crippen LogP contribution >= 0.6 is 0 Å². The van der Waals surface area contributed by atoms with E-state index in [4.69, 9.17) is 28.4 Å². The number of halogens is 2. The van der Waals surface area contributed by atoms with Gasteiger partial charge in [-0.1, -0.05) is 126 Å². The summed E-state index contributed by atoms with van der Waals surface area (Å²) >= 11 is 0. The molecule has 6 aromatic carbocycles. The van der Waals surface area contributed by atoms with Crippen LogP contribution in [0.4, 0.5) is 8.78 Å². The van der Waals surface area contributed by atoms with Crippen LogP contribution < -0.4 is 28.4 Å². The first-order valence-corrected chi connectivity index (χ1v) is 22.1. The fourth-order valence-electron chi connectivity index (χ4n) is 5.62. The highest BCUT2D eigenvalue weighted by molar-refractivity contribution is 5.91. The number of carbonyl (C=O) groups excluding carboxylic acids is 6. The molecule has 372 valence electrons. The van der Waals surface area contributed by atoms with Crippen LogP contribution in [0.1, 0.15) is 33.6 Å². The van der Waals surface area contributed by atoms with Crippen LogP contribution in [0, 0.1) is 0 Å². The molecule has 0 N–H and O–H groups in total. The molecule has 0 aliphatic carbocycles. The lowest BCUT2D eigenvalue weighted by atomic mass is 10.1. The van der Waals surface area contributed by atoms with Crippen molar-refractivity contribution in [3.8, 4) is 67.9 Å². The maximum atomic E-state index is 12.6. The SMILES string of the molecule is C=C(C)C(=O)Oc1ccc(-c2ccc(OC(=O)C(=C)CC)cc2)cc1.C=C(F)C(=O)Oc1ccc(-c2ccc(OC(=O)C(=C)F)cc2)cc1.C=CC(=O)Oc1ccc(-c2ccc(OC(=O)C(=C)CC)cc2)cc1. The Bertz CT molecular complexity index is 2940. The average Bonchev–Trinajstić information content (AvgIpc) is 3.39. The second kappa shape index (κ2) is 27.6. The number of carbonyl (C=O) groups is 6. The Balaban J connectivity index is 0.000000237. The lowest BCUT2D eigenvalue weighted by molar-refractivity contribution is -0.132. The van der Waals surface area contributed by atoms with Crippen LogP contribution in [0.3, 0.4) is 0 Å². The van der Waals surface area contributed by atoms with Gasteiger partial charge in [0.2, 0.25) is 11.7 Å². The van der Waals surface area contributed by atoms with E-state index in [1.165, 1.54) is 24.3 Å². The third kappa shape index (κ3) is 18.0. The Kier molecular flexibility index (Phi) is 21.2. The van der Waals surface area contributed by atoms with Crippen LogP contribution in [0.5, 0.6) is 34.5 Å². The summed E-state index contributed by atoms with van der Waals surface area (Å²) in [4.78, 5) is 68.2. The van der Waals surface area contributed by atoms with Gasteiger partial charge in [-0.2, -0.15) is 8.78 Å². The molecule has 6 rings (SSSR count). The van der Waals surface area contributed by atoms with E-state index in [9.17, 15) is 37.5 Å². The predicted molar refractivity (Wildman–Crippen MR) is 274 cm³/mol. The van der Waals surface area contributed by atoms with E-state index < -0.39 is 47.5 Å². The van der Waals surface area contributed by atoms with Gasteiger partial charge in [-0.3, -0.25) is 0 Å². The zero-order valence-electron chi connectivity index (χ0n) is 40.2. The number of esters is 6. The van der Waals surface area contributed by atoms with Gasteiger partial charge in [0, 0.05) is 22.8 Å². The van der Waals surface area contributed by atoms with Crippen LogP contribution in [-0.4, -0.2) is 35.8 Å². The normalized spacial score (nSPS) is 9.93. The van der Waals surface area contributed by atoms with Crippen molar-refractivity contribution in [3.63, 3.8) is 0 Å². The Morgan fingerprint density at radius 2 is 0.575 bits per heavy atom. The minimum atomic E-state index is -1.18. The molecule has 0 unspecified atom stereocenters. The highest BCUT2D eigenvalue weighted by Gasteiger charge is 2.13. The van der Waals surface area contributed by atoms with Crippen LogP contribution in [0.15, 0.2) is 220 Å². The maximum absolute atomic E-state index is 12.6. The summed E-state index contributed by atoms with van der Waals surface area (Å²) in [6.07, 6.45) is 2.22. The third-order valence-corrected chi connectivity index (χ3v) is 9.79. The molecule has 0 aromatic heterocycles. The van der Waals surface area contributed by atoms with Gasteiger partial charge in [0.25, 0.3) is 0 Å².